The number of carbonyl (C=O) groups is 2. The fraction of sp³-hybridized carbons (Fsp3) is 0.667. The number of benzene rings is 2. The summed E-state index contributed by atoms with van der Waals surface area (Å²) < 4.78 is 17.8. The van der Waals surface area contributed by atoms with Crippen molar-refractivity contribution in [1.82, 2.24) is 10.6 Å². The zero-order valence-corrected chi connectivity index (χ0v) is 34.7. The first-order chi connectivity index (χ1) is 24.8. The number of hydrogen-bond acceptors (Lipinski definition) is 8. The van der Waals surface area contributed by atoms with Crippen LogP contribution in [-0.4, -0.2) is 84.5 Å². The van der Waals surface area contributed by atoms with Gasteiger partial charge in [0, 0.05) is 37.1 Å². The first-order valence-electron chi connectivity index (χ1n) is 19.5. The number of aliphatic hydroxyl groups is 3. The lowest BCUT2D eigenvalue weighted by Gasteiger charge is -2.43. The number of alkyl carbamates (subject to hydrolysis) is 2. The molecule has 10 nitrogen and oxygen atoms in total. The Morgan fingerprint density at radius 3 is 1.40 bits per heavy atom. The first kappa shape index (κ1) is 44.4. The molecule has 0 aliphatic heterocycles. The van der Waals surface area contributed by atoms with E-state index in [1.807, 2.05) is 32.9 Å². The summed E-state index contributed by atoms with van der Waals surface area (Å²) in [4.78, 5) is 24.4. The lowest BCUT2D eigenvalue weighted by Crippen LogP contribution is -2.66. The summed E-state index contributed by atoms with van der Waals surface area (Å²) >= 11 is 0. The van der Waals surface area contributed by atoms with Crippen molar-refractivity contribution in [2.24, 2.45) is 11.8 Å². The van der Waals surface area contributed by atoms with Gasteiger partial charge in [-0.3, -0.25) is 0 Å². The SMILES string of the molecule is CC(C)(C)OC(=O)N[C@@H](CCO)[C@H]1CCC[C@H]1O.CC(C)(C)OC(=O)N[C@@H](CCO[Si](c1ccccc1)(c1ccccc1)C(C)(C)C)[C@H]1CCC[C@H]1O. The van der Waals surface area contributed by atoms with Crippen LogP contribution >= 0.6 is 0 Å². The number of carbonyl (C=O) groups excluding carboxylic acids is 2. The summed E-state index contributed by atoms with van der Waals surface area (Å²) in [5.41, 5.74) is -1.11. The first-order valence-corrected chi connectivity index (χ1v) is 21.4. The molecule has 2 aromatic carbocycles. The van der Waals surface area contributed by atoms with Crippen LogP contribution in [0.5, 0.6) is 0 Å². The molecule has 0 bridgehead atoms. The second-order valence-electron chi connectivity index (χ2n) is 17.6. The van der Waals surface area contributed by atoms with Crippen molar-refractivity contribution in [3.63, 3.8) is 0 Å². The Kier molecular flexibility index (Phi) is 16.4. The van der Waals surface area contributed by atoms with Crippen LogP contribution < -0.4 is 21.0 Å². The Bertz CT molecular complexity index is 1350. The average molecular weight is 757 g/mol. The summed E-state index contributed by atoms with van der Waals surface area (Å²) in [6.45, 7) is 18.2. The Morgan fingerprint density at radius 1 is 0.679 bits per heavy atom. The zero-order chi connectivity index (χ0) is 39.5. The van der Waals surface area contributed by atoms with Crippen LogP contribution in [0.1, 0.15) is 114 Å². The lowest BCUT2D eigenvalue weighted by molar-refractivity contribution is 0.0407. The van der Waals surface area contributed by atoms with Gasteiger partial charge in [-0.25, -0.2) is 9.59 Å². The number of hydrogen-bond donors (Lipinski definition) is 5. The quantitative estimate of drug-likeness (QED) is 0.156. The molecule has 5 N–H and O–H groups in total. The van der Waals surface area contributed by atoms with Crippen molar-refractivity contribution >= 4 is 30.9 Å². The fourth-order valence-electron chi connectivity index (χ4n) is 7.82. The maximum atomic E-state index is 12.6. The third-order valence-corrected chi connectivity index (χ3v) is 15.1. The standard InChI is InChI=1S/C29H43NO4Si.C13H25NO4/c1-28(2,3)34-27(32)30-25(24-18-13-19-26(24)31)20-21-33-35(29(4,5)6,22-14-9-7-10-15-22)23-16-11-8-12-17-23;1-13(2,3)18-12(17)14-10(7-8-15)9-5-4-6-11(9)16/h7-12,14-17,24-26,31H,13,18-21H2,1-6H3,(H,30,32);9-11,15-16H,4-8H2,1-3H3,(H,14,17)/t24-,25+,26-;9-,10+,11-/m11/s1. The molecule has 0 aromatic heterocycles. The Morgan fingerprint density at radius 2 is 1.08 bits per heavy atom. The lowest BCUT2D eigenvalue weighted by atomic mass is 9.94. The van der Waals surface area contributed by atoms with Crippen molar-refractivity contribution in [3.05, 3.63) is 60.7 Å². The number of aliphatic hydroxyl groups excluding tert-OH is 3. The van der Waals surface area contributed by atoms with Gasteiger partial charge in [-0.15, -0.1) is 0 Å². The minimum Gasteiger partial charge on any atom is -0.444 e. The van der Waals surface area contributed by atoms with Crippen LogP contribution in [0.4, 0.5) is 9.59 Å². The molecule has 11 heteroatoms. The van der Waals surface area contributed by atoms with Gasteiger partial charge in [-0.1, -0.05) is 94.3 Å². The summed E-state index contributed by atoms with van der Waals surface area (Å²) in [6, 6.07) is 20.7. The van der Waals surface area contributed by atoms with Crippen molar-refractivity contribution in [2.45, 2.75) is 154 Å². The highest BCUT2D eigenvalue weighted by Gasteiger charge is 2.50. The molecule has 0 radical (unpaired) electrons. The number of nitrogens with one attached hydrogen (secondary N) is 2. The van der Waals surface area contributed by atoms with Crippen molar-refractivity contribution in [2.75, 3.05) is 13.2 Å². The van der Waals surface area contributed by atoms with Gasteiger partial charge in [0.1, 0.15) is 11.2 Å². The van der Waals surface area contributed by atoms with Crippen LogP contribution in [-0.2, 0) is 13.9 Å². The summed E-state index contributed by atoms with van der Waals surface area (Å²) in [5, 5.41) is 37.7. The molecule has 0 saturated heterocycles. The van der Waals surface area contributed by atoms with Crippen molar-refractivity contribution < 1.29 is 38.8 Å². The third kappa shape index (κ3) is 13.4. The molecule has 6 atom stereocenters. The Balaban J connectivity index is 0.000000353. The van der Waals surface area contributed by atoms with E-state index in [2.05, 4.69) is 79.9 Å². The van der Waals surface area contributed by atoms with Crippen LogP contribution in [0.2, 0.25) is 5.04 Å². The van der Waals surface area contributed by atoms with E-state index in [4.69, 9.17) is 19.0 Å². The van der Waals surface area contributed by atoms with E-state index in [0.29, 0.717) is 19.4 Å². The molecule has 2 saturated carbocycles. The van der Waals surface area contributed by atoms with Crippen LogP contribution in [0.25, 0.3) is 0 Å². The highest BCUT2D eigenvalue weighted by atomic mass is 28.4. The monoisotopic (exact) mass is 756 g/mol. The third-order valence-electron chi connectivity index (χ3n) is 10.1. The van der Waals surface area contributed by atoms with Gasteiger partial charge >= 0.3 is 12.2 Å². The van der Waals surface area contributed by atoms with E-state index in [0.717, 1.165) is 38.5 Å². The Hall–Kier alpha value is -2.96. The zero-order valence-electron chi connectivity index (χ0n) is 33.7. The van der Waals surface area contributed by atoms with Crippen LogP contribution in [0, 0.1) is 11.8 Å². The van der Waals surface area contributed by atoms with Crippen molar-refractivity contribution in [3.8, 4) is 0 Å². The molecule has 0 unspecified atom stereocenters. The van der Waals surface area contributed by atoms with Gasteiger partial charge in [-0.2, -0.15) is 0 Å². The minimum atomic E-state index is -2.66. The average Bonchev–Trinajstić information content (AvgIpc) is 3.68. The molecular formula is C42H68N2O8Si. The number of ether oxygens (including phenoxy) is 2. The fourth-order valence-corrected chi connectivity index (χ4v) is 12.4. The van der Waals surface area contributed by atoms with E-state index >= 15 is 0 Å². The minimum absolute atomic E-state index is 0.00488. The smallest absolute Gasteiger partial charge is 0.407 e. The predicted molar refractivity (Wildman–Crippen MR) is 213 cm³/mol. The normalized spacial score (nSPS) is 21.9. The van der Waals surface area contributed by atoms with E-state index < -0.39 is 43.9 Å². The topological polar surface area (TPSA) is 147 Å². The molecule has 2 amide bonds. The van der Waals surface area contributed by atoms with Crippen molar-refractivity contribution in [1.29, 1.82) is 0 Å². The van der Waals surface area contributed by atoms with Gasteiger partial charge in [0.15, 0.2) is 0 Å². The van der Waals surface area contributed by atoms with E-state index in [-0.39, 0.29) is 35.6 Å². The van der Waals surface area contributed by atoms with Crippen LogP contribution in [0.3, 0.4) is 0 Å². The second kappa shape index (κ2) is 19.6. The molecular weight excluding hydrogens is 689 g/mol. The maximum absolute atomic E-state index is 12.6. The van der Waals surface area contributed by atoms with Crippen LogP contribution in [0.15, 0.2) is 60.7 Å². The summed E-state index contributed by atoms with van der Waals surface area (Å²) in [6.07, 6.45) is 4.56. The molecule has 0 heterocycles. The summed E-state index contributed by atoms with van der Waals surface area (Å²) in [5.74, 6) is 0.0231. The number of rotatable bonds is 12. The Labute approximate surface area is 319 Å². The maximum Gasteiger partial charge on any atom is 0.407 e. The van der Waals surface area contributed by atoms with E-state index in [1.165, 1.54) is 10.4 Å². The molecule has 2 aromatic rings. The highest BCUT2D eigenvalue weighted by molar-refractivity contribution is 6.99. The van der Waals surface area contributed by atoms with Gasteiger partial charge in [0.2, 0.25) is 0 Å². The van der Waals surface area contributed by atoms with E-state index in [1.54, 1.807) is 20.8 Å². The molecule has 298 valence electrons. The van der Waals surface area contributed by atoms with Gasteiger partial charge in [0.05, 0.1) is 12.2 Å². The predicted octanol–water partition coefficient (Wildman–Crippen LogP) is 6.43. The van der Waals surface area contributed by atoms with Gasteiger partial charge < -0.3 is 39.9 Å². The molecule has 4 rings (SSSR count). The highest BCUT2D eigenvalue weighted by Crippen LogP contribution is 2.37. The van der Waals surface area contributed by atoms with Gasteiger partial charge in [-0.05, 0) is 95.5 Å². The molecule has 2 aliphatic rings. The number of amides is 2. The molecule has 0 spiro atoms. The summed E-state index contributed by atoms with van der Waals surface area (Å²) in [7, 11) is -2.66. The molecule has 53 heavy (non-hydrogen) atoms. The molecule has 2 aliphatic carbocycles. The van der Waals surface area contributed by atoms with Gasteiger partial charge in [0.25, 0.3) is 8.32 Å². The van der Waals surface area contributed by atoms with E-state index in [9.17, 15) is 19.8 Å². The largest absolute Gasteiger partial charge is 0.444 e. The second-order valence-corrected chi connectivity index (χ2v) is 21.9. The molecule has 2 fully saturated rings.